The summed E-state index contributed by atoms with van der Waals surface area (Å²) >= 11 is 0. The lowest BCUT2D eigenvalue weighted by molar-refractivity contribution is -0.141. The number of rotatable bonds is 2. The molecule has 2 atom stereocenters. The largest absolute Gasteiger partial charge is 0.480 e. The Kier molecular flexibility index (Phi) is 3.26. The minimum absolute atomic E-state index is 0.00962. The Morgan fingerprint density at radius 3 is 2.67 bits per heavy atom. The summed E-state index contributed by atoms with van der Waals surface area (Å²) in [6.07, 6.45) is 0.527. The quantitative estimate of drug-likeness (QED) is 0.822. The van der Waals surface area contributed by atoms with E-state index in [-0.39, 0.29) is 18.7 Å². The smallest absolute Gasteiger partial charge is 0.326 e. The molecule has 1 saturated heterocycles. The number of β-amino-alcohol motifs (C(OH)–C–C–N with tert-alkyl or cyclic N) is 1. The van der Waals surface area contributed by atoms with Crippen LogP contribution in [-0.2, 0) is 4.79 Å². The zero-order chi connectivity index (χ0) is 15.0. The molecule has 3 rings (SSSR count). The maximum atomic E-state index is 12.4. The number of carbonyl (C=O) groups is 2. The van der Waals surface area contributed by atoms with Crippen molar-refractivity contribution in [1.82, 2.24) is 14.9 Å². The van der Waals surface area contributed by atoms with Crippen LogP contribution in [0, 0.1) is 0 Å². The standard InChI is InChI=1S/C14H13N3O4/c18-8-5-12(14(20)21)17(7-8)13(19)11-6-15-9-3-1-2-4-10(9)16-11/h1-4,6,8,12,18H,5,7H2,(H,20,21). The van der Waals surface area contributed by atoms with Crippen LogP contribution in [0.4, 0.5) is 0 Å². The van der Waals surface area contributed by atoms with E-state index in [4.69, 9.17) is 5.11 Å². The highest BCUT2D eigenvalue weighted by Crippen LogP contribution is 2.21. The maximum Gasteiger partial charge on any atom is 0.326 e. The van der Waals surface area contributed by atoms with Crippen LogP contribution in [-0.4, -0.2) is 55.6 Å². The molecule has 2 aromatic rings. The highest BCUT2D eigenvalue weighted by molar-refractivity contribution is 5.96. The maximum absolute atomic E-state index is 12.4. The van der Waals surface area contributed by atoms with Crippen LogP contribution < -0.4 is 0 Å². The molecule has 7 nitrogen and oxygen atoms in total. The minimum Gasteiger partial charge on any atom is -0.480 e. The van der Waals surface area contributed by atoms with Gasteiger partial charge in [0.05, 0.1) is 23.3 Å². The number of likely N-dealkylation sites (tertiary alicyclic amines) is 1. The number of hydrogen-bond acceptors (Lipinski definition) is 5. The van der Waals surface area contributed by atoms with Crippen molar-refractivity contribution < 1.29 is 19.8 Å². The van der Waals surface area contributed by atoms with Gasteiger partial charge in [0, 0.05) is 13.0 Å². The predicted molar refractivity (Wildman–Crippen MR) is 72.6 cm³/mol. The minimum atomic E-state index is -1.13. The van der Waals surface area contributed by atoms with Crippen LogP contribution in [0.5, 0.6) is 0 Å². The van der Waals surface area contributed by atoms with Crippen LogP contribution >= 0.6 is 0 Å². The SMILES string of the molecule is O=C(O)C1CC(O)CN1C(=O)c1cnc2ccccc2n1. The lowest BCUT2D eigenvalue weighted by atomic mass is 10.2. The summed E-state index contributed by atoms with van der Waals surface area (Å²) in [6.45, 7) is -0.00962. The first-order valence-electron chi connectivity index (χ1n) is 6.50. The summed E-state index contributed by atoms with van der Waals surface area (Å²) in [6, 6.07) is 6.07. The van der Waals surface area contributed by atoms with E-state index < -0.39 is 24.0 Å². The molecule has 1 aromatic heterocycles. The van der Waals surface area contributed by atoms with Crippen LogP contribution in [0.25, 0.3) is 11.0 Å². The van der Waals surface area contributed by atoms with E-state index >= 15 is 0 Å². The van der Waals surface area contributed by atoms with E-state index in [9.17, 15) is 14.7 Å². The summed E-state index contributed by atoms with van der Waals surface area (Å²) in [7, 11) is 0. The number of amides is 1. The second-order valence-corrected chi connectivity index (χ2v) is 4.95. The van der Waals surface area contributed by atoms with Crippen LogP contribution in [0.1, 0.15) is 16.9 Å². The van der Waals surface area contributed by atoms with Crippen molar-refractivity contribution in [2.75, 3.05) is 6.54 Å². The number of carbonyl (C=O) groups excluding carboxylic acids is 1. The van der Waals surface area contributed by atoms with Gasteiger partial charge in [-0.15, -0.1) is 0 Å². The Morgan fingerprint density at radius 1 is 1.24 bits per heavy atom. The number of carboxylic acids is 1. The van der Waals surface area contributed by atoms with Gasteiger partial charge in [-0.05, 0) is 12.1 Å². The van der Waals surface area contributed by atoms with E-state index in [1.165, 1.54) is 6.20 Å². The van der Waals surface area contributed by atoms with Crippen molar-refractivity contribution in [3.8, 4) is 0 Å². The molecule has 1 aliphatic heterocycles. The van der Waals surface area contributed by atoms with Gasteiger partial charge in [0.1, 0.15) is 11.7 Å². The van der Waals surface area contributed by atoms with Gasteiger partial charge in [-0.25, -0.2) is 9.78 Å². The number of nitrogens with zero attached hydrogens (tertiary/aromatic N) is 3. The molecule has 1 aromatic carbocycles. The van der Waals surface area contributed by atoms with Gasteiger partial charge in [-0.1, -0.05) is 12.1 Å². The first-order valence-corrected chi connectivity index (χ1v) is 6.50. The Labute approximate surface area is 119 Å². The van der Waals surface area contributed by atoms with E-state index in [0.717, 1.165) is 4.90 Å². The molecule has 0 spiro atoms. The van der Waals surface area contributed by atoms with Crippen molar-refractivity contribution in [2.24, 2.45) is 0 Å². The average Bonchev–Trinajstić information content (AvgIpc) is 2.88. The number of carboxylic acid groups (broad SMARTS) is 1. The van der Waals surface area contributed by atoms with Crippen molar-refractivity contribution in [1.29, 1.82) is 0 Å². The highest BCUT2D eigenvalue weighted by Gasteiger charge is 2.39. The van der Waals surface area contributed by atoms with Gasteiger partial charge in [0.25, 0.3) is 5.91 Å². The lowest BCUT2D eigenvalue weighted by Crippen LogP contribution is -2.41. The number of aliphatic carboxylic acids is 1. The lowest BCUT2D eigenvalue weighted by Gasteiger charge is -2.20. The summed E-state index contributed by atoms with van der Waals surface area (Å²) in [5.41, 5.74) is 1.30. The molecule has 2 heterocycles. The predicted octanol–water partition coefficient (Wildman–Crippen LogP) is 0.290. The monoisotopic (exact) mass is 287 g/mol. The molecule has 0 aliphatic carbocycles. The fourth-order valence-corrected chi connectivity index (χ4v) is 2.48. The number of benzene rings is 1. The van der Waals surface area contributed by atoms with Gasteiger partial charge in [0.2, 0.25) is 0 Å². The number of fused-ring (bicyclic) bond motifs is 1. The third-order valence-electron chi connectivity index (χ3n) is 3.49. The summed E-state index contributed by atoms with van der Waals surface area (Å²) in [5.74, 6) is -1.66. The van der Waals surface area contributed by atoms with Crippen LogP contribution in [0.3, 0.4) is 0 Å². The highest BCUT2D eigenvalue weighted by atomic mass is 16.4. The molecule has 7 heteroatoms. The van der Waals surface area contributed by atoms with Gasteiger partial charge < -0.3 is 15.1 Å². The topological polar surface area (TPSA) is 104 Å². The third-order valence-corrected chi connectivity index (χ3v) is 3.49. The molecule has 1 aliphatic rings. The molecule has 0 bridgehead atoms. The zero-order valence-electron chi connectivity index (χ0n) is 11.0. The van der Waals surface area contributed by atoms with E-state index in [1.54, 1.807) is 18.2 Å². The molecular formula is C14H13N3O4. The molecular weight excluding hydrogens is 274 g/mol. The molecule has 0 saturated carbocycles. The molecule has 1 amide bonds. The van der Waals surface area contributed by atoms with E-state index in [0.29, 0.717) is 11.0 Å². The number of aliphatic hydroxyl groups excluding tert-OH is 1. The van der Waals surface area contributed by atoms with Crippen molar-refractivity contribution >= 4 is 22.9 Å². The van der Waals surface area contributed by atoms with Crippen molar-refractivity contribution in [3.05, 3.63) is 36.2 Å². The van der Waals surface area contributed by atoms with E-state index in [1.807, 2.05) is 6.07 Å². The second kappa shape index (κ2) is 5.10. The Balaban J connectivity index is 1.94. The fourth-order valence-electron chi connectivity index (χ4n) is 2.48. The Hall–Kier alpha value is -2.54. The molecule has 2 N–H and O–H groups in total. The molecule has 1 fully saturated rings. The number of aliphatic hydroxyl groups is 1. The van der Waals surface area contributed by atoms with Crippen LogP contribution in [0.15, 0.2) is 30.5 Å². The van der Waals surface area contributed by atoms with Crippen molar-refractivity contribution in [3.63, 3.8) is 0 Å². The molecule has 0 radical (unpaired) electrons. The number of para-hydroxylation sites is 2. The zero-order valence-corrected chi connectivity index (χ0v) is 11.0. The molecule has 2 unspecified atom stereocenters. The number of aromatic nitrogens is 2. The molecule has 108 valence electrons. The second-order valence-electron chi connectivity index (χ2n) is 4.95. The first-order chi connectivity index (χ1) is 10.1. The normalized spacial score (nSPS) is 21.7. The van der Waals surface area contributed by atoms with Gasteiger partial charge in [0.15, 0.2) is 0 Å². The first kappa shape index (κ1) is 13.4. The van der Waals surface area contributed by atoms with E-state index in [2.05, 4.69) is 9.97 Å². The summed E-state index contributed by atoms with van der Waals surface area (Å²) in [4.78, 5) is 33.0. The van der Waals surface area contributed by atoms with Gasteiger partial charge in [-0.2, -0.15) is 0 Å². The van der Waals surface area contributed by atoms with Crippen molar-refractivity contribution in [2.45, 2.75) is 18.6 Å². The summed E-state index contributed by atoms with van der Waals surface area (Å²) in [5, 5.41) is 18.7. The number of hydrogen-bond donors (Lipinski definition) is 2. The third kappa shape index (κ3) is 2.43. The Morgan fingerprint density at radius 2 is 1.95 bits per heavy atom. The fraction of sp³-hybridized carbons (Fsp3) is 0.286. The molecule has 21 heavy (non-hydrogen) atoms. The van der Waals surface area contributed by atoms with Crippen LogP contribution in [0.2, 0.25) is 0 Å². The van der Waals surface area contributed by atoms with Gasteiger partial charge >= 0.3 is 5.97 Å². The Bertz CT molecular complexity index is 718. The van der Waals surface area contributed by atoms with Gasteiger partial charge in [-0.3, -0.25) is 9.78 Å². The average molecular weight is 287 g/mol. The summed E-state index contributed by atoms with van der Waals surface area (Å²) < 4.78 is 0.